The maximum absolute atomic E-state index is 12.3. The first-order chi connectivity index (χ1) is 13.6. The van der Waals surface area contributed by atoms with Gasteiger partial charge in [-0.15, -0.1) is 0 Å². The second-order valence-corrected chi connectivity index (χ2v) is 6.88. The first-order valence-corrected chi connectivity index (χ1v) is 9.54. The molecule has 0 bridgehead atoms. The number of carbonyl (C=O) groups excluding carboxylic acids is 1. The van der Waals surface area contributed by atoms with Crippen molar-refractivity contribution in [2.24, 2.45) is 0 Å². The predicted octanol–water partition coefficient (Wildman–Crippen LogP) is 3.81. The van der Waals surface area contributed by atoms with Crippen molar-refractivity contribution in [1.29, 1.82) is 0 Å². The molecule has 0 aliphatic rings. The van der Waals surface area contributed by atoms with E-state index in [-0.39, 0.29) is 5.91 Å². The molecule has 0 radical (unpaired) electrons. The number of rotatable bonds is 8. The maximum Gasteiger partial charge on any atom is 0.220 e. The molecule has 1 N–H and O–H groups in total. The highest BCUT2D eigenvalue weighted by Crippen LogP contribution is 2.19. The van der Waals surface area contributed by atoms with Crippen LogP contribution in [0.2, 0.25) is 0 Å². The molecule has 1 amide bonds. The Hall–Kier alpha value is -3.08. The van der Waals surface area contributed by atoms with Crippen LogP contribution in [0.25, 0.3) is 0 Å². The van der Waals surface area contributed by atoms with Crippen LogP contribution in [0.1, 0.15) is 34.5 Å². The van der Waals surface area contributed by atoms with E-state index in [1.54, 1.807) is 7.11 Å². The van der Waals surface area contributed by atoms with Crippen molar-refractivity contribution in [1.82, 2.24) is 15.1 Å². The van der Waals surface area contributed by atoms with Gasteiger partial charge in [-0.3, -0.25) is 9.48 Å². The van der Waals surface area contributed by atoms with Gasteiger partial charge in [0.15, 0.2) is 0 Å². The van der Waals surface area contributed by atoms with Crippen LogP contribution in [0.5, 0.6) is 5.75 Å². The van der Waals surface area contributed by atoms with Crippen molar-refractivity contribution in [2.75, 3.05) is 7.11 Å². The van der Waals surface area contributed by atoms with Crippen LogP contribution < -0.4 is 10.1 Å². The van der Waals surface area contributed by atoms with E-state index >= 15 is 0 Å². The molecule has 0 saturated carbocycles. The molecule has 2 aromatic carbocycles. The monoisotopic (exact) mass is 377 g/mol. The predicted molar refractivity (Wildman–Crippen MR) is 110 cm³/mol. The Morgan fingerprint density at radius 3 is 2.54 bits per heavy atom. The SMILES string of the molecule is COc1ccccc1CCC(=O)NCc1c(C)nn(Cc2ccccc2)c1C. The average molecular weight is 377 g/mol. The zero-order valence-corrected chi connectivity index (χ0v) is 16.7. The van der Waals surface area contributed by atoms with Crippen LogP contribution in [0.15, 0.2) is 54.6 Å². The van der Waals surface area contributed by atoms with Crippen molar-refractivity contribution in [3.63, 3.8) is 0 Å². The fraction of sp³-hybridized carbons (Fsp3) is 0.304. The van der Waals surface area contributed by atoms with Gasteiger partial charge < -0.3 is 10.1 Å². The number of nitrogens with zero attached hydrogens (tertiary/aromatic N) is 2. The molecule has 0 aliphatic heterocycles. The molecular formula is C23H27N3O2. The number of benzene rings is 2. The Bertz CT molecular complexity index is 932. The topological polar surface area (TPSA) is 56.1 Å². The van der Waals surface area contributed by atoms with E-state index in [9.17, 15) is 4.79 Å². The summed E-state index contributed by atoms with van der Waals surface area (Å²) in [6.45, 7) is 5.27. The standard InChI is InChI=1S/C23H27N3O2/c1-17-21(18(2)26(25-17)16-19-9-5-4-6-10-19)15-24-23(27)14-13-20-11-7-8-12-22(20)28-3/h4-12H,13-16H2,1-3H3,(H,24,27). The molecule has 0 spiro atoms. The Labute approximate surface area is 166 Å². The first-order valence-electron chi connectivity index (χ1n) is 9.54. The Morgan fingerprint density at radius 1 is 1.07 bits per heavy atom. The van der Waals surface area contributed by atoms with Gasteiger partial charge in [-0.1, -0.05) is 48.5 Å². The fourth-order valence-electron chi connectivity index (χ4n) is 3.33. The number of para-hydroxylation sites is 1. The highest BCUT2D eigenvalue weighted by Gasteiger charge is 2.13. The van der Waals surface area contributed by atoms with E-state index in [0.717, 1.165) is 34.8 Å². The zero-order chi connectivity index (χ0) is 19.9. The van der Waals surface area contributed by atoms with Gasteiger partial charge in [-0.05, 0) is 37.5 Å². The molecular weight excluding hydrogens is 350 g/mol. The number of hydrogen-bond acceptors (Lipinski definition) is 3. The smallest absolute Gasteiger partial charge is 0.220 e. The third-order valence-corrected chi connectivity index (χ3v) is 4.98. The number of aryl methyl sites for hydroxylation is 2. The second kappa shape index (κ2) is 9.22. The number of methoxy groups -OCH3 is 1. The van der Waals surface area contributed by atoms with Crippen LogP contribution in [0, 0.1) is 13.8 Å². The van der Waals surface area contributed by atoms with E-state index < -0.39 is 0 Å². The molecule has 5 nitrogen and oxygen atoms in total. The van der Waals surface area contributed by atoms with Crippen molar-refractivity contribution in [2.45, 2.75) is 39.8 Å². The second-order valence-electron chi connectivity index (χ2n) is 6.88. The van der Waals surface area contributed by atoms with Crippen LogP contribution in [-0.4, -0.2) is 22.8 Å². The maximum atomic E-state index is 12.3. The van der Waals surface area contributed by atoms with Gasteiger partial charge in [0.25, 0.3) is 0 Å². The highest BCUT2D eigenvalue weighted by molar-refractivity contribution is 5.76. The number of carbonyl (C=O) groups is 1. The third-order valence-electron chi connectivity index (χ3n) is 4.98. The quantitative estimate of drug-likeness (QED) is 0.649. The molecule has 0 unspecified atom stereocenters. The summed E-state index contributed by atoms with van der Waals surface area (Å²) >= 11 is 0. The Morgan fingerprint density at radius 2 is 1.79 bits per heavy atom. The van der Waals surface area contributed by atoms with Crippen molar-refractivity contribution in [3.8, 4) is 5.75 Å². The summed E-state index contributed by atoms with van der Waals surface area (Å²) in [4.78, 5) is 12.3. The van der Waals surface area contributed by atoms with Crippen LogP contribution in [-0.2, 0) is 24.3 Å². The lowest BCUT2D eigenvalue weighted by molar-refractivity contribution is -0.121. The molecule has 0 saturated heterocycles. The summed E-state index contributed by atoms with van der Waals surface area (Å²) in [5.41, 5.74) is 5.38. The third kappa shape index (κ3) is 4.80. The Balaban J connectivity index is 1.57. The van der Waals surface area contributed by atoms with E-state index in [1.165, 1.54) is 5.56 Å². The molecule has 1 heterocycles. The minimum Gasteiger partial charge on any atom is -0.496 e. The summed E-state index contributed by atoms with van der Waals surface area (Å²) in [5, 5.41) is 7.68. The van der Waals surface area contributed by atoms with Gasteiger partial charge >= 0.3 is 0 Å². The van der Waals surface area contributed by atoms with Crippen LogP contribution in [0.4, 0.5) is 0 Å². The minimum atomic E-state index is 0.0283. The molecule has 0 atom stereocenters. The summed E-state index contributed by atoms with van der Waals surface area (Å²) in [6.07, 6.45) is 1.08. The minimum absolute atomic E-state index is 0.0283. The van der Waals surface area contributed by atoms with E-state index in [4.69, 9.17) is 4.74 Å². The lowest BCUT2D eigenvalue weighted by Gasteiger charge is -2.09. The van der Waals surface area contributed by atoms with E-state index in [0.29, 0.717) is 19.4 Å². The number of amides is 1. The van der Waals surface area contributed by atoms with E-state index in [2.05, 4.69) is 29.5 Å². The van der Waals surface area contributed by atoms with Gasteiger partial charge in [-0.25, -0.2) is 0 Å². The highest BCUT2D eigenvalue weighted by atomic mass is 16.5. The molecule has 146 valence electrons. The van der Waals surface area contributed by atoms with Gasteiger partial charge in [0.05, 0.1) is 19.3 Å². The molecule has 5 heteroatoms. The largest absolute Gasteiger partial charge is 0.496 e. The normalized spacial score (nSPS) is 10.7. The molecule has 3 rings (SSSR count). The van der Waals surface area contributed by atoms with Gasteiger partial charge in [0.2, 0.25) is 5.91 Å². The lowest BCUT2D eigenvalue weighted by atomic mass is 10.1. The fourth-order valence-corrected chi connectivity index (χ4v) is 3.33. The molecule has 0 fully saturated rings. The number of aromatic nitrogens is 2. The number of ether oxygens (including phenoxy) is 1. The lowest BCUT2D eigenvalue weighted by Crippen LogP contribution is -2.23. The average Bonchev–Trinajstić information content (AvgIpc) is 2.98. The van der Waals surface area contributed by atoms with Gasteiger partial charge in [0, 0.05) is 24.2 Å². The van der Waals surface area contributed by atoms with Crippen LogP contribution in [0.3, 0.4) is 0 Å². The van der Waals surface area contributed by atoms with Crippen molar-refractivity contribution < 1.29 is 9.53 Å². The molecule has 28 heavy (non-hydrogen) atoms. The number of nitrogens with one attached hydrogen (secondary N) is 1. The summed E-state index contributed by atoms with van der Waals surface area (Å²) < 4.78 is 7.35. The van der Waals surface area contributed by atoms with Gasteiger partial charge in [-0.2, -0.15) is 5.10 Å². The first kappa shape index (κ1) is 19.7. The van der Waals surface area contributed by atoms with Crippen molar-refractivity contribution in [3.05, 3.63) is 82.7 Å². The van der Waals surface area contributed by atoms with Crippen molar-refractivity contribution >= 4 is 5.91 Å². The summed E-state index contributed by atoms with van der Waals surface area (Å²) in [6, 6.07) is 18.1. The molecule has 0 aliphatic carbocycles. The molecule has 1 aromatic heterocycles. The summed E-state index contributed by atoms with van der Waals surface area (Å²) in [5.74, 6) is 0.852. The zero-order valence-electron chi connectivity index (χ0n) is 16.7. The summed E-state index contributed by atoms with van der Waals surface area (Å²) in [7, 11) is 1.65. The van der Waals surface area contributed by atoms with E-state index in [1.807, 2.05) is 54.1 Å². The van der Waals surface area contributed by atoms with Gasteiger partial charge in [0.1, 0.15) is 5.75 Å². The van der Waals surface area contributed by atoms with Crippen LogP contribution >= 0.6 is 0 Å². The number of hydrogen-bond donors (Lipinski definition) is 1. The Kier molecular flexibility index (Phi) is 6.48. The molecule has 3 aromatic rings.